The molecule has 2 aromatic carbocycles. The predicted molar refractivity (Wildman–Crippen MR) is 83.0 cm³/mol. The first kappa shape index (κ1) is 14.8. The second-order valence-corrected chi connectivity index (χ2v) is 4.80. The van der Waals surface area contributed by atoms with Crippen LogP contribution in [-0.4, -0.2) is 18.6 Å². The zero-order chi connectivity index (χ0) is 15.2. The van der Waals surface area contributed by atoms with Crippen molar-refractivity contribution < 1.29 is 9.66 Å². The minimum absolute atomic E-state index is 0.107. The van der Waals surface area contributed by atoms with Gasteiger partial charge in [-0.3, -0.25) is 10.1 Å². The van der Waals surface area contributed by atoms with Crippen molar-refractivity contribution in [3.8, 4) is 5.75 Å². The molecule has 5 nitrogen and oxygen atoms in total. The number of nitro benzene ring substituents is 1. The lowest BCUT2D eigenvalue weighted by Gasteiger charge is -2.08. The summed E-state index contributed by atoms with van der Waals surface area (Å²) in [5.41, 5.74) is 2.81. The number of benzene rings is 2. The van der Waals surface area contributed by atoms with Crippen molar-refractivity contribution in [2.75, 3.05) is 19.0 Å². The van der Waals surface area contributed by atoms with Crippen LogP contribution in [0.15, 0.2) is 42.5 Å². The van der Waals surface area contributed by atoms with Crippen LogP contribution in [0.25, 0.3) is 0 Å². The number of nitrogens with zero attached hydrogens (tertiary/aromatic N) is 1. The highest BCUT2D eigenvalue weighted by atomic mass is 16.6. The number of aryl methyl sites for hydroxylation is 1. The Hall–Kier alpha value is -2.56. The SMILES string of the molecule is COc1ccc(CCNc2cc(C)ccc2[N+](=O)[O-])cc1. The number of hydrogen-bond donors (Lipinski definition) is 1. The Morgan fingerprint density at radius 1 is 1.19 bits per heavy atom. The highest BCUT2D eigenvalue weighted by Crippen LogP contribution is 2.25. The van der Waals surface area contributed by atoms with E-state index < -0.39 is 0 Å². The molecule has 110 valence electrons. The zero-order valence-electron chi connectivity index (χ0n) is 12.1. The summed E-state index contributed by atoms with van der Waals surface area (Å²) in [4.78, 5) is 10.6. The lowest BCUT2D eigenvalue weighted by Crippen LogP contribution is -2.07. The Morgan fingerprint density at radius 3 is 2.52 bits per heavy atom. The fourth-order valence-electron chi connectivity index (χ4n) is 2.08. The van der Waals surface area contributed by atoms with Crippen LogP contribution in [-0.2, 0) is 6.42 Å². The fraction of sp³-hybridized carbons (Fsp3) is 0.250. The van der Waals surface area contributed by atoms with Gasteiger partial charge in [-0.25, -0.2) is 0 Å². The molecule has 0 spiro atoms. The molecule has 2 aromatic rings. The lowest BCUT2D eigenvalue weighted by molar-refractivity contribution is -0.384. The monoisotopic (exact) mass is 286 g/mol. The first-order chi connectivity index (χ1) is 10.1. The van der Waals surface area contributed by atoms with E-state index in [2.05, 4.69) is 5.32 Å². The zero-order valence-corrected chi connectivity index (χ0v) is 12.1. The molecule has 0 aliphatic rings. The van der Waals surface area contributed by atoms with Crippen LogP contribution in [0.2, 0.25) is 0 Å². The molecular formula is C16H18N2O3. The van der Waals surface area contributed by atoms with E-state index in [0.29, 0.717) is 12.2 Å². The molecule has 0 saturated carbocycles. The van der Waals surface area contributed by atoms with E-state index in [4.69, 9.17) is 4.74 Å². The third-order valence-electron chi connectivity index (χ3n) is 3.24. The fourth-order valence-corrected chi connectivity index (χ4v) is 2.08. The molecular weight excluding hydrogens is 268 g/mol. The van der Waals surface area contributed by atoms with Crippen molar-refractivity contribution in [1.82, 2.24) is 0 Å². The van der Waals surface area contributed by atoms with Crippen LogP contribution in [0.5, 0.6) is 5.75 Å². The van der Waals surface area contributed by atoms with Crippen LogP contribution in [0.4, 0.5) is 11.4 Å². The average molecular weight is 286 g/mol. The molecule has 0 aliphatic heterocycles. The normalized spacial score (nSPS) is 10.2. The van der Waals surface area contributed by atoms with E-state index in [-0.39, 0.29) is 10.6 Å². The standard InChI is InChI=1S/C16H18N2O3/c1-12-3-8-16(18(19)20)15(11-12)17-10-9-13-4-6-14(21-2)7-5-13/h3-8,11,17H,9-10H2,1-2H3. The van der Waals surface area contributed by atoms with Crippen molar-refractivity contribution in [1.29, 1.82) is 0 Å². The summed E-state index contributed by atoms with van der Waals surface area (Å²) in [6.07, 6.45) is 0.787. The van der Waals surface area contributed by atoms with Crippen LogP contribution in [0.3, 0.4) is 0 Å². The van der Waals surface area contributed by atoms with Crippen LogP contribution >= 0.6 is 0 Å². The van der Waals surface area contributed by atoms with Crippen LogP contribution in [0, 0.1) is 17.0 Å². The molecule has 1 N–H and O–H groups in total. The number of nitro groups is 1. The maximum absolute atomic E-state index is 11.0. The Bertz CT molecular complexity index is 624. The van der Waals surface area contributed by atoms with E-state index >= 15 is 0 Å². The number of rotatable bonds is 6. The largest absolute Gasteiger partial charge is 0.497 e. The van der Waals surface area contributed by atoms with Gasteiger partial charge in [-0.15, -0.1) is 0 Å². The molecule has 0 unspecified atom stereocenters. The summed E-state index contributed by atoms with van der Waals surface area (Å²) >= 11 is 0. The van der Waals surface area contributed by atoms with Crippen molar-refractivity contribution >= 4 is 11.4 Å². The van der Waals surface area contributed by atoms with Crippen molar-refractivity contribution in [3.05, 3.63) is 63.7 Å². The maximum atomic E-state index is 11.0. The molecule has 0 radical (unpaired) electrons. The van der Waals surface area contributed by atoms with Gasteiger partial charge in [-0.2, -0.15) is 0 Å². The molecule has 0 heterocycles. The minimum atomic E-state index is -0.366. The Kier molecular flexibility index (Phi) is 4.77. The van der Waals surface area contributed by atoms with E-state index in [9.17, 15) is 10.1 Å². The third-order valence-corrected chi connectivity index (χ3v) is 3.24. The summed E-state index contributed by atoms with van der Waals surface area (Å²) < 4.78 is 5.11. The van der Waals surface area contributed by atoms with Gasteiger partial charge < -0.3 is 10.1 Å². The summed E-state index contributed by atoms with van der Waals surface area (Å²) in [6.45, 7) is 2.55. The molecule has 0 aliphatic carbocycles. The van der Waals surface area contributed by atoms with Gasteiger partial charge in [0.15, 0.2) is 0 Å². The maximum Gasteiger partial charge on any atom is 0.292 e. The van der Waals surface area contributed by atoms with Gasteiger partial charge in [0.25, 0.3) is 5.69 Å². The van der Waals surface area contributed by atoms with Crippen LogP contribution < -0.4 is 10.1 Å². The van der Waals surface area contributed by atoms with Gasteiger partial charge in [0.05, 0.1) is 12.0 Å². The summed E-state index contributed by atoms with van der Waals surface area (Å²) in [5.74, 6) is 0.820. The van der Waals surface area contributed by atoms with E-state index in [0.717, 1.165) is 23.3 Å². The number of methoxy groups -OCH3 is 1. The molecule has 0 saturated heterocycles. The van der Waals surface area contributed by atoms with Crippen molar-refractivity contribution in [2.45, 2.75) is 13.3 Å². The Morgan fingerprint density at radius 2 is 1.90 bits per heavy atom. The number of hydrogen-bond acceptors (Lipinski definition) is 4. The number of nitrogens with one attached hydrogen (secondary N) is 1. The van der Waals surface area contributed by atoms with Crippen molar-refractivity contribution in [2.24, 2.45) is 0 Å². The van der Waals surface area contributed by atoms with E-state index in [1.165, 1.54) is 6.07 Å². The summed E-state index contributed by atoms with van der Waals surface area (Å²) in [5, 5.41) is 14.1. The molecule has 5 heteroatoms. The quantitative estimate of drug-likeness (QED) is 0.651. The first-order valence-electron chi connectivity index (χ1n) is 6.72. The van der Waals surface area contributed by atoms with Gasteiger partial charge in [-0.05, 0) is 42.7 Å². The first-order valence-corrected chi connectivity index (χ1v) is 6.72. The average Bonchev–Trinajstić information content (AvgIpc) is 2.48. The minimum Gasteiger partial charge on any atom is -0.497 e. The lowest BCUT2D eigenvalue weighted by atomic mass is 10.1. The molecule has 0 aromatic heterocycles. The summed E-state index contributed by atoms with van der Waals surface area (Å²) in [6, 6.07) is 12.9. The van der Waals surface area contributed by atoms with E-state index in [1.54, 1.807) is 19.2 Å². The topological polar surface area (TPSA) is 64.4 Å². The highest BCUT2D eigenvalue weighted by molar-refractivity contribution is 5.62. The molecule has 0 atom stereocenters. The van der Waals surface area contributed by atoms with Gasteiger partial charge in [0.2, 0.25) is 0 Å². The molecule has 2 rings (SSSR count). The number of ether oxygens (including phenoxy) is 1. The van der Waals surface area contributed by atoms with E-state index in [1.807, 2.05) is 31.2 Å². The Balaban J connectivity index is 1.99. The van der Waals surface area contributed by atoms with Gasteiger partial charge >= 0.3 is 0 Å². The Labute approximate surface area is 123 Å². The number of anilines is 1. The smallest absolute Gasteiger partial charge is 0.292 e. The molecule has 0 amide bonds. The van der Waals surface area contributed by atoms with Gasteiger partial charge in [-0.1, -0.05) is 18.2 Å². The van der Waals surface area contributed by atoms with Crippen LogP contribution in [0.1, 0.15) is 11.1 Å². The molecule has 21 heavy (non-hydrogen) atoms. The highest BCUT2D eigenvalue weighted by Gasteiger charge is 2.12. The summed E-state index contributed by atoms with van der Waals surface area (Å²) in [7, 11) is 1.63. The third kappa shape index (κ3) is 3.95. The van der Waals surface area contributed by atoms with Gasteiger partial charge in [0.1, 0.15) is 11.4 Å². The second kappa shape index (κ2) is 6.74. The van der Waals surface area contributed by atoms with Crippen molar-refractivity contribution in [3.63, 3.8) is 0 Å². The molecule has 0 fully saturated rings. The van der Waals surface area contributed by atoms with Gasteiger partial charge in [0, 0.05) is 12.6 Å². The predicted octanol–water partition coefficient (Wildman–Crippen LogP) is 3.57. The second-order valence-electron chi connectivity index (χ2n) is 4.80. The molecule has 0 bridgehead atoms.